The third-order valence-electron chi connectivity index (χ3n) is 14.3. The molecule has 0 bridgehead atoms. The van der Waals surface area contributed by atoms with Crippen LogP contribution in [0.15, 0.2) is 146 Å². The average Bonchev–Trinajstić information content (AvgIpc) is 3.40. The highest BCUT2D eigenvalue weighted by Gasteiger charge is 2.30. The topological polar surface area (TPSA) is 202 Å². The summed E-state index contributed by atoms with van der Waals surface area (Å²) in [4.78, 5) is 0. The maximum absolute atomic E-state index is 11.5. The van der Waals surface area contributed by atoms with Crippen LogP contribution in [0, 0.1) is 0 Å². The molecule has 0 aliphatic heterocycles. The van der Waals surface area contributed by atoms with Crippen LogP contribution in [-0.2, 0) is 12.8 Å². The van der Waals surface area contributed by atoms with E-state index in [9.17, 15) is 51.1 Å². The first-order chi connectivity index (χ1) is 33.9. The van der Waals surface area contributed by atoms with Crippen LogP contribution in [0.25, 0.3) is 110 Å². The smallest absolute Gasteiger partial charge is 0.208 e. The number of aryl methyl sites for hydroxylation is 2. The van der Waals surface area contributed by atoms with Gasteiger partial charge < -0.3 is 51.1 Å². The Morgan fingerprint density at radius 1 is 0.257 bits per heavy atom. The van der Waals surface area contributed by atoms with Crippen molar-refractivity contribution in [1.82, 2.24) is 0 Å². The van der Waals surface area contributed by atoms with Gasteiger partial charge in [-0.05, 0) is 154 Å². The Kier molecular flexibility index (Phi) is 9.41. The van der Waals surface area contributed by atoms with E-state index in [1.165, 1.54) is 17.5 Å². The van der Waals surface area contributed by atoms with E-state index in [4.69, 9.17) is 0 Å². The molecule has 0 atom stereocenters. The van der Waals surface area contributed by atoms with Gasteiger partial charge in [-0.2, -0.15) is 0 Å². The van der Waals surface area contributed by atoms with Gasteiger partial charge in [-0.3, -0.25) is 0 Å². The highest BCUT2D eigenvalue weighted by atomic mass is 16.4. The van der Waals surface area contributed by atoms with Gasteiger partial charge in [0.2, 0.25) is 34.5 Å². The molecule has 12 rings (SSSR count). The van der Waals surface area contributed by atoms with Crippen LogP contribution in [0.5, 0.6) is 57.5 Å². The molecule has 0 aromatic heterocycles. The Labute approximate surface area is 399 Å². The van der Waals surface area contributed by atoms with E-state index >= 15 is 0 Å². The summed E-state index contributed by atoms with van der Waals surface area (Å²) >= 11 is 0. The maximum Gasteiger partial charge on any atom is 0.208 e. The third-order valence-corrected chi connectivity index (χ3v) is 14.3. The molecule has 0 unspecified atom stereocenters. The zero-order chi connectivity index (χ0) is 48.3. The van der Waals surface area contributed by atoms with Gasteiger partial charge in [0, 0.05) is 0 Å². The molecule has 0 heterocycles. The van der Waals surface area contributed by atoms with Crippen molar-refractivity contribution in [1.29, 1.82) is 0 Å². The van der Waals surface area contributed by atoms with Crippen LogP contribution < -0.4 is 0 Å². The van der Waals surface area contributed by atoms with Crippen molar-refractivity contribution in [3.05, 3.63) is 157 Å². The van der Waals surface area contributed by atoms with E-state index in [1.807, 2.05) is 72.8 Å². The number of aromatic hydroxyl groups is 10. The molecule has 0 amide bonds. The lowest BCUT2D eigenvalue weighted by atomic mass is 9.81. The van der Waals surface area contributed by atoms with Gasteiger partial charge in [-0.25, -0.2) is 0 Å². The number of phenolic OH excluding ortho intramolecular Hbond substituents is 10. The highest BCUT2D eigenvalue weighted by molar-refractivity contribution is 6.32. The fraction of sp³-hybridized carbons (Fsp3) is 0.0667. The van der Waals surface area contributed by atoms with Crippen LogP contribution in [0.1, 0.15) is 24.0 Å². The number of phenols is 10. The Morgan fingerprint density at radius 2 is 0.614 bits per heavy atom. The van der Waals surface area contributed by atoms with E-state index in [-0.39, 0.29) is 22.3 Å². The summed E-state index contributed by atoms with van der Waals surface area (Å²) in [7, 11) is 0. The van der Waals surface area contributed by atoms with Gasteiger partial charge in [0.15, 0.2) is 23.0 Å². The fourth-order valence-corrected chi connectivity index (χ4v) is 10.7. The first kappa shape index (κ1) is 42.1. The normalized spacial score (nSPS) is 12.6. The second kappa shape index (κ2) is 15.6. The predicted molar refractivity (Wildman–Crippen MR) is 274 cm³/mol. The number of hydrogen-bond acceptors (Lipinski definition) is 10. The van der Waals surface area contributed by atoms with Gasteiger partial charge in [0.1, 0.15) is 0 Å². The van der Waals surface area contributed by atoms with Crippen molar-refractivity contribution in [2.75, 3.05) is 0 Å². The van der Waals surface area contributed by atoms with Crippen LogP contribution in [-0.4, -0.2) is 51.1 Å². The first-order valence-electron chi connectivity index (χ1n) is 22.9. The summed E-state index contributed by atoms with van der Waals surface area (Å²) < 4.78 is 0. The summed E-state index contributed by atoms with van der Waals surface area (Å²) in [5.41, 5.74) is 9.07. The Bertz CT molecular complexity index is 3930. The lowest BCUT2D eigenvalue weighted by Crippen LogP contribution is -2.02. The molecule has 0 saturated heterocycles. The minimum Gasteiger partial charge on any atom is -0.504 e. The first-order valence-corrected chi connectivity index (χ1v) is 22.9. The van der Waals surface area contributed by atoms with E-state index in [1.54, 1.807) is 24.3 Å². The van der Waals surface area contributed by atoms with E-state index in [0.29, 0.717) is 43.4 Å². The monoisotopic (exact) mass is 922 g/mol. The molecule has 11 aromatic rings. The van der Waals surface area contributed by atoms with Crippen molar-refractivity contribution < 1.29 is 51.1 Å². The van der Waals surface area contributed by atoms with E-state index in [2.05, 4.69) is 48.5 Å². The number of rotatable bonds is 6. The number of benzene rings is 11. The molecule has 0 saturated carbocycles. The molecule has 10 nitrogen and oxygen atoms in total. The molecular weight excluding hydrogens is 881 g/mol. The minimum absolute atomic E-state index is 0.170. The van der Waals surface area contributed by atoms with Gasteiger partial charge in [-0.1, -0.05) is 127 Å². The Hall–Kier alpha value is -9.28. The Morgan fingerprint density at radius 3 is 1.09 bits per heavy atom. The van der Waals surface area contributed by atoms with Crippen molar-refractivity contribution in [3.8, 4) is 124 Å². The van der Waals surface area contributed by atoms with Gasteiger partial charge in [0.05, 0.1) is 11.1 Å². The summed E-state index contributed by atoms with van der Waals surface area (Å²) in [6.07, 6.45) is 4.43. The van der Waals surface area contributed by atoms with Crippen LogP contribution in [0.3, 0.4) is 0 Å². The van der Waals surface area contributed by atoms with Gasteiger partial charge in [0.25, 0.3) is 0 Å². The maximum atomic E-state index is 11.5. The minimum atomic E-state index is -1.10. The molecule has 10 N–H and O–H groups in total. The number of fused-ring (bicyclic) bond motifs is 2. The fourth-order valence-electron chi connectivity index (χ4n) is 10.7. The zero-order valence-electron chi connectivity index (χ0n) is 37.2. The molecule has 10 heteroatoms. The van der Waals surface area contributed by atoms with Gasteiger partial charge in [-0.15, -0.1) is 0 Å². The summed E-state index contributed by atoms with van der Waals surface area (Å²) in [6.45, 7) is 0. The summed E-state index contributed by atoms with van der Waals surface area (Å²) in [5, 5.41) is 116. The number of hydrogen-bond donors (Lipinski definition) is 10. The largest absolute Gasteiger partial charge is 0.504 e. The summed E-state index contributed by atoms with van der Waals surface area (Å²) in [6, 6.07) is 47.6. The van der Waals surface area contributed by atoms with Crippen molar-refractivity contribution >= 4 is 43.1 Å². The molecule has 11 aromatic carbocycles. The predicted octanol–water partition coefficient (Wildman–Crippen LogP) is 13.7. The van der Waals surface area contributed by atoms with Gasteiger partial charge >= 0.3 is 0 Å². The SMILES string of the molecule is Oc1c(O)c(O)c(-c2cc(-c3ccc(-c4ccc5c(c4)CCCC5)cc3)c3ccc4c(-c5c(O)c(O)c(O)c(O)c5O)cc(-c5ccc(-c6ccc7ccccc7c6)cc5)c5ccc2c3c54)c(O)c1O. The Balaban J connectivity index is 1.15. The lowest BCUT2D eigenvalue weighted by molar-refractivity contribution is 0.330. The van der Waals surface area contributed by atoms with Crippen LogP contribution in [0.2, 0.25) is 0 Å². The van der Waals surface area contributed by atoms with E-state index < -0.39 is 57.5 Å². The highest BCUT2D eigenvalue weighted by Crippen LogP contribution is 2.60. The average molecular weight is 923 g/mol. The second-order valence-corrected chi connectivity index (χ2v) is 18.2. The second-order valence-electron chi connectivity index (χ2n) is 18.2. The van der Waals surface area contributed by atoms with Crippen molar-refractivity contribution in [2.45, 2.75) is 25.7 Å². The molecule has 0 spiro atoms. The molecule has 0 radical (unpaired) electrons. The molecule has 0 fully saturated rings. The third kappa shape index (κ3) is 6.26. The molecular formula is C60H42O10. The summed E-state index contributed by atoms with van der Waals surface area (Å²) in [5.74, 6) is -9.90. The standard InChI is InChI=1S/C60H42O10/c61-51-49(52(62)56(66)59(69)55(51)65)45-27-43(33-15-9-31(10-16-33)37-19-13-29-5-1-3-7-35(29)25-37)39-21-23-42-46(50-53(63)57(67)60(70)58(68)54(50)64)28-44(40-22-24-41(45)47(39)48(40)42)34-17-11-32(12-18-34)38-20-14-30-6-2-4-8-36(30)26-38/h1,3,5,7,9-28,61-70H,2,4,6,8H2. The zero-order valence-corrected chi connectivity index (χ0v) is 37.2. The van der Waals surface area contributed by atoms with E-state index in [0.717, 1.165) is 63.4 Å². The molecule has 1 aliphatic carbocycles. The van der Waals surface area contributed by atoms with Crippen molar-refractivity contribution in [3.63, 3.8) is 0 Å². The molecule has 1 aliphatic rings. The quantitative estimate of drug-likeness (QED) is 0.0434. The van der Waals surface area contributed by atoms with Crippen molar-refractivity contribution in [2.24, 2.45) is 0 Å². The lowest BCUT2D eigenvalue weighted by Gasteiger charge is -2.23. The molecule has 342 valence electrons. The van der Waals surface area contributed by atoms with Crippen LogP contribution >= 0.6 is 0 Å². The van der Waals surface area contributed by atoms with Crippen LogP contribution in [0.4, 0.5) is 0 Å². The molecule has 70 heavy (non-hydrogen) atoms.